The van der Waals surface area contributed by atoms with Crippen molar-refractivity contribution in [1.29, 1.82) is 0 Å². The van der Waals surface area contributed by atoms with Gasteiger partial charge in [0.1, 0.15) is 5.82 Å². The lowest BCUT2D eigenvalue weighted by atomic mass is 10.2. The van der Waals surface area contributed by atoms with E-state index in [9.17, 15) is 0 Å². The lowest BCUT2D eigenvalue weighted by molar-refractivity contribution is 0.442. The molecule has 1 saturated carbocycles. The standard InChI is InChI=1S/C11H17N3/c1-7(8-5-6-8)14-11(12)9-3-2-4-10(9)13-14/h7-8H,2-6,12H2,1H3. The Balaban J connectivity index is 1.97. The molecule has 1 aromatic heterocycles. The molecule has 0 radical (unpaired) electrons. The summed E-state index contributed by atoms with van der Waals surface area (Å²) in [6.45, 7) is 2.25. The monoisotopic (exact) mass is 191 g/mol. The van der Waals surface area contributed by atoms with Crippen LogP contribution in [0.2, 0.25) is 0 Å². The molecule has 2 aliphatic rings. The van der Waals surface area contributed by atoms with Gasteiger partial charge in [-0.05, 0) is 44.9 Å². The molecule has 0 amide bonds. The van der Waals surface area contributed by atoms with Crippen LogP contribution in [0.5, 0.6) is 0 Å². The average molecular weight is 191 g/mol. The Labute approximate surface area is 84.3 Å². The van der Waals surface area contributed by atoms with Crippen molar-refractivity contribution in [3.8, 4) is 0 Å². The minimum atomic E-state index is 0.514. The van der Waals surface area contributed by atoms with Gasteiger partial charge in [0.05, 0.1) is 11.7 Å². The van der Waals surface area contributed by atoms with E-state index < -0.39 is 0 Å². The van der Waals surface area contributed by atoms with Crippen LogP contribution in [0.25, 0.3) is 0 Å². The lowest BCUT2D eigenvalue weighted by Crippen LogP contribution is -2.12. The summed E-state index contributed by atoms with van der Waals surface area (Å²) in [5.74, 6) is 1.77. The quantitative estimate of drug-likeness (QED) is 0.776. The molecule has 1 aromatic rings. The highest BCUT2D eigenvalue weighted by atomic mass is 15.3. The molecule has 0 aliphatic heterocycles. The second-order valence-electron chi connectivity index (χ2n) is 4.69. The third-order valence-electron chi connectivity index (χ3n) is 3.66. The van der Waals surface area contributed by atoms with Gasteiger partial charge in [0, 0.05) is 5.56 Å². The van der Waals surface area contributed by atoms with Gasteiger partial charge in [-0.25, -0.2) is 4.68 Å². The Morgan fingerprint density at radius 3 is 2.86 bits per heavy atom. The first-order chi connectivity index (χ1) is 6.77. The van der Waals surface area contributed by atoms with Gasteiger partial charge in [0.25, 0.3) is 0 Å². The summed E-state index contributed by atoms with van der Waals surface area (Å²) in [7, 11) is 0. The fourth-order valence-electron chi connectivity index (χ4n) is 2.53. The molecule has 76 valence electrons. The first-order valence-corrected chi connectivity index (χ1v) is 5.63. The third-order valence-corrected chi connectivity index (χ3v) is 3.66. The highest BCUT2D eigenvalue weighted by molar-refractivity contribution is 5.46. The van der Waals surface area contributed by atoms with E-state index >= 15 is 0 Å². The van der Waals surface area contributed by atoms with Gasteiger partial charge >= 0.3 is 0 Å². The smallest absolute Gasteiger partial charge is 0.125 e. The summed E-state index contributed by atoms with van der Waals surface area (Å²) in [4.78, 5) is 0. The number of nitrogen functional groups attached to an aromatic ring is 1. The largest absolute Gasteiger partial charge is 0.384 e. The van der Waals surface area contributed by atoms with Crippen LogP contribution >= 0.6 is 0 Å². The summed E-state index contributed by atoms with van der Waals surface area (Å²) in [6, 6.07) is 0.514. The van der Waals surface area contributed by atoms with Gasteiger partial charge in [-0.15, -0.1) is 0 Å². The molecule has 0 saturated heterocycles. The number of nitrogens with two attached hydrogens (primary N) is 1. The summed E-state index contributed by atoms with van der Waals surface area (Å²) >= 11 is 0. The minimum absolute atomic E-state index is 0.514. The molecule has 0 bridgehead atoms. The second kappa shape index (κ2) is 2.75. The van der Waals surface area contributed by atoms with Crippen molar-refractivity contribution in [2.75, 3.05) is 5.73 Å². The Kier molecular flexibility index (Phi) is 1.64. The minimum Gasteiger partial charge on any atom is -0.384 e. The molecule has 1 atom stereocenters. The van der Waals surface area contributed by atoms with Crippen molar-refractivity contribution in [2.45, 2.75) is 45.1 Å². The fourth-order valence-corrected chi connectivity index (χ4v) is 2.53. The first-order valence-electron chi connectivity index (χ1n) is 5.63. The van der Waals surface area contributed by atoms with Gasteiger partial charge in [0.2, 0.25) is 0 Å². The van der Waals surface area contributed by atoms with Gasteiger partial charge in [-0.2, -0.15) is 5.10 Å². The van der Waals surface area contributed by atoms with Crippen LogP contribution in [0, 0.1) is 5.92 Å². The van der Waals surface area contributed by atoms with Gasteiger partial charge in [0.15, 0.2) is 0 Å². The molecule has 1 heterocycles. The number of fused-ring (bicyclic) bond motifs is 1. The van der Waals surface area contributed by atoms with Crippen LogP contribution < -0.4 is 5.73 Å². The molecule has 0 spiro atoms. The Hall–Kier alpha value is -0.990. The highest BCUT2D eigenvalue weighted by Crippen LogP contribution is 2.41. The van der Waals surface area contributed by atoms with E-state index in [0.29, 0.717) is 6.04 Å². The molecular formula is C11H17N3. The van der Waals surface area contributed by atoms with E-state index in [-0.39, 0.29) is 0 Å². The maximum Gasteiger partial charge on any atom is 0.125 e. The number of hydrogen-bond acceptors (Lipinski definition) is 2. The molecule has 2 N–H and O–H groups in total. The van der Waals surface area contributed by atoms with E-state index in [1.165, 1.54) is 30.5 Å². The normalized spacial score (nSPS) is 22.4. The maximum atomic E-state index is 6.12. The number of aryl methyl sites for hydroxylation is 1. The highest BCUT2D eigenvalue weighted by Gasteiger charge is 2.32. The predicted octanol–water partition coefficient (Wildman–Crippen LogP) is 1.93. The fraction of sp³-hybridized carbons (Fsp3) is 0.727. The number of aromatic nitrogens is 2. The van der Waals surface area contributed by atoms with Crippen LogP contribution in [0.3, 0.4) is 0 Å². The molecule has 3 heteroatoms. The number of hydrogen-bond donors (Lipinski definition) is 1. The van der Waals surface area contributed by atoms with Crippen molar-refractivity contribution in [2.24, 2.45) is 5.92 Å². The molecule has 14 heavy (non-hydrogen) atoms. The zero-order valence-electron chi connectivity index (χ0n) is 8.66. The van der Waals surface area contributed by atoms with E-state index in [0.717, 1.165) is 24.6 Å². The molecular weight excluding hydrogens is 174 g/mol. The third kappa shape index (κ3) is 1.08. The van der Waals surface area contributed by atoms with Crippen molar-refractivity contribution in [3.05, 3.63) is 11.3 Å². The van der Waals surface area contributed by atoms with E-state index in [1.54, 1.807) is 0 Å². The SMILES string of the molecule is CC(C1CC1)n1nc2c(c1N)CCC2. The summed E-state index contributed by atoms with van der Waals surface area (Å²) in [5, 5.41) is 4.64. The second-order valence-corrected chi connectivity index (χ2v) is 4.69. The Morgan fingerprint density at radius 1 is 1.43 bits per heavy atom. The van der Waals surface area contributed by atoms with Crippen LogP contribution in [0.15, 0.2) is 0 Å². The van der Waals surface area contributed by atoms with Crippen LogP contribution in [0.1, 0.15) is 43.5 Å². The Bertz CT molecular complexity index is 363. The lowest BCUT2D eigenvalue weighted by Gasteiger charge is -2.13. The zero-order chi connectivity index (χ0) is 9.71. The first kappa shape index (κ1) is 8.33. The van der Waals surface area contributed by atoms with E-state index in [1.807, 2.05) is 0 Å². The summed E-state index contributed by atoms with van der Waals surface area (Å²) in [5.41, 5.74) is 8.71. The van der Waals surface area contributed by atoms with Crippen molar-refractivity contribution < 1.29 is 0 Å². The topological polar surface area (TPSA) is 43.8 Å². The molecule has 3 nitrogen and oxygen atoms in total. The van der Waals surface area contributed by atoms with Crippen molar-refractivity contribution in [1.82, 2.24) is 9.78 Å². The zero-order valence-corrected chi connectivity index (χ0v) is 8.66. The van der Waals surface area contributed by atoms with Gasteiger partial charge < -0.3 is 5.73 Å². The number of anilines is 1. The molecule has 1 unspecified atom stereocenters. The molecule has 2 aliphatic carbocycles. The maximum absolute atomic E-state index is 6.12. The predicted molar refractivity (Wildman–Crippen MR) is 56.1 cm³/mol. The van der Waals surface area contributed by atoms with Gasteiger partial charge in [-0.1, -0.05) is 0 Å². The van der Waals surface area contributed by atoms with Gasteiger partial charge in [-0.3, -0.25) is 0 Å². The molecule has 1 fully saturated rings. The van der Waals surface area contributed by atoms with Crippen LogP contribution in [-0.4, -0.2) is 9.78 Å². The Morgan fingerprint density at radius 2 is 2.21 bits per heavy atom. The van der Waals surface area contributed by atoms with Crippen molar-refractivity contribution in [3.63, 3.8) is 0 Å². The van der Waals surface area contributed by atoms with Crippen LogP contribution in [-0.2, 0) is 12.8 Å². The van der Waals surface area contributed by atoms with E-state index in [4.69, 9.17) is 5.73 Å². The van der Waals surface area contributed by atoms with E-state index in [2.05, 4.69) is 16.7 Å². The van der Waals surface area contributed by atoms with Crippen molar-refractivity contribution >= 4 is 5.82 Å². The van der Waals surface area contributed by atoms with Crippen LogP contribution in [0.4, 0.5) is 5.82 Å². The number of nitrogens with zero attached hydrogens (tertiary/aromatic N) is 2. The summed E-state index contributed by atoms with van der Waals surface area (Å²) < 4.78 is 2.07. The molecule has 3 rings (SSSR count). The number of rotatable bonds is 2. The summed E-state index contributed by atoms with van der Waals surface area (Å²) in [6.07, 6.45) is 6.21. The average Bonchev–Trinajstić information content (AvgIpc) is 2.84. The molecule has 0 aromatic carbocycles.